The fourth-order valence-corrected chi connectivity index (χ4v) is 3.21. The number of hydrogen-bond donors (Lipinski definition) is 2. The van der Waals surface area contributed by atoms with E-state index >= 15 is 0 Å². The summed E-state index contributed by atoms with van der Waals surface area (Å²) < 4.78 is 1.92. The molecule has 6 heteroatoms. The van der Waals surface area contributed by atoms with Crippen molar-refractivity contribution < 1.29 is 4.79 Å². The van der Waals surface area contributed by atoms with Gasteiger partial charge in [-0.25, -0.2) is 9.97 Å². The largest absolute Gasteiger partial charge is 0.352 e. The van der Waals surface area contributed by atoms with Gasteiger partial charge in [0.05, 0.1) is 0 Å². The van der Waals surface area contributed by atoms with E-state index in [-0.39, 0.29) is 11.9 Å². The van der Waals surface area contributed by atoms with Crippen LogP contribution in [0.2, 0.25) is 0 Å². The fraction of sp³-hybridized carbons (Fsp3) is 0.471. The molecule has 6 nitrogen and oxygen atoms in total. The average molecular weight is 313 g/mol. The maximum atomic E-state index is 12.2. The van der Waals surface area contributed by atoms with Gasteiger partial charge in [0.2, 0.25) is 5.91 Å². The van der Waals surface area contributed by atoms with Crippen LogP contribution in [0.4, 0.5) is 0 Å². The Morgan fingerprint density at radius 1 is 1.39 bits per heavy atom. The van der Waals surface area contributed by atoms with E-state index in [4.69, 9.17) is 5.73 Å². The third-order valence-corrected chi connectivity index (χ3v) is 4.56. The van der Waals surface area contributed by atoms with E-state index in [9.17, 15) is 4.79 Å². The van der Waals surface area contributed by atoms with Crippen LogP contribution >= 0.6 is 0 Å². The van der Waals surface area contributed by atoms with Gasteiger partial charge in [0, 0.05) is 43.2 Å². The minimum absolute atomic E-state index is 0.0597. The molecule has 2 aromatic rings. The summed E-state index contributed by atoms with van der Waals surface area (Å²) in [5.74, 6) is 2.05. The molecule has 1 aliphatic rings. The Balaban J connectivity index is 1.64. The van der Waals surface area contributed by atoms with Crippen molar-refractivity contribution in [3.8, 4) is 5.82 Å². The molecule has 0 unspecified atom stereocenters. The summed E-state index contributed by atoms with van der Waals surface area (Å²) in [6, 6.07) is 4.02. The molecular weight excluding hydrogens is 290 g/mol. The van der Waals surface area contributed by atoms with Crippen LogP contribution in [0.1, 0.15) is 37.1 Å². The van der Waals surface area contributed by atoms with Crippen LogP contribution in [0, 0.1) is 12.8 Å². The third-order valence-electron chi connectivity index (χ3n) is 4.56. The van der Waals surface area contributed by atoms with E-state index in [1.54, 1.807) is 12.4 Å². The Labute approximate surface area is 136 Å². The molecule has 23 heavy (non-hydrogen) atoms. The van der Waals surface area contributed by atoms with Gasteiger partial charge >= 0.3 is 0 Å². The Bertz CT molecular complexity index is 681. The number of nitrogens with zero attached hydrogens (tertiary/aromatic N) is 3. The van der Waals surface area contributed by atoms with Crippen LogP contribution in [0.15, 0.2) is 30.7 Å². The number of rotatable bonds is 5. The SMILES string of the molecule is Cc1nccn1-c1ncccc1CNC(=O)C[C@@H]1CCC[C@H]1N. The van der Waals surface area contributed by atoms with Gasteiger partial charge in [-0.1, -0.05) is 12.5 Å². The van der Waals surface area contributed by atoms with Crippen LogP contribution < -0.4 is 11.1 Å². The second-order valence-electron chi connectivity index (χ2n) is 6.17. The summed E-state index contributed by atoms with van der Waals surface area (Å²) in [4.78, 5) is 20.8. The molecular formula is C17H23N5O. The number of carbonyl (C=O) groups is 1. The molecule has 0 aromatic carbocycles. The quantitative estimate of drug-likeness (QED) is 0.880. The molecule has 122 valence electrons. The molecule has 3 N–H and O–H groups in total. The molecule has 1 saturated carbocycles. The summed E-state index contributed by atoms with van der Waals surface area (Å²) in [5, 5.41) is 3.00. The molecule has 2 aromatic heterocycles. The molecule has 1 fully saturated rings. The first-order valence-corrected chi connectivity index (χ1v) is 8.11. The zero-order valence-electron chi connectivity index (χ0n) is 13.4. The van der Waals surface area contributed by atoms with Gasteiger partial charge in [-0.15, -0.1) is 0 Å². The lowest BCUT2D eigenvalue weighted by Crippen LogP contribution is -2.31. The van der Waals surface area contributed by atoms with E-state index in [2.05, 4.69) is 15.3 Å². The average Bonchev–Trinajstić information content (AvgIpc) is 3.14. The topological polar surface area (TPSA) is 85.8 Å². The van der Waals surface area contributed by atoms with Crippen LogP contribution in [0.25, 0.3) is 5.82 Å². The summed E-state index contributed by atoms with van der Waals surface area (Å²) in [7, 11) is 0. The Kier molecular flexibility index (Phi) is 4.71. The Hall–Kier alpha value is -2.21. The molecule has 0 spiro atoms. The predicted molar refractivity (Wildman–Crippen MR) is 87.9 cm³/mol. The minimum Gasteiger partial charge on any atom is -0.352 e. The number of nitrogens with two attached hydrogens (primary N) is 1. The summed E-state index contributed by atoms with van der Waals surface area (Å²) in [6.45, 7) is 2.39. The van der Waals surface area contributed by atoms with Crippen LogP contribution in [-0.4, -0.2) is 26.5 Å². The Morgan fingerprint density at radius 3 is 2.96 bits per heavy atom. The van der Waals surface area contributed by atoms with Crippen LogP contribution in [-0.2, 0) is 11.3 Å². The van der Waals surface area contributed by atoms with Gasteiger partial charge in [0.15, 0.2) is 0 Å². The highest BCUT2D eigenvalue weighted by atomic mass is 16.1. The van der Waals surface area contributed by atoms with Crippen molar-refractivity contribution in [3.63, 3.8) is 0 Å². The predicted octanol–water partition coefficient (Wildman–Crippen LogP) is 1.71. The van der Waals surface area contributed by atoms with Crippen molar-refractivity contribution in [1.82, 2.24) is 19.9 Å². The molecule has 0 aliphatic heterocycles. The van der Waals surface area contributed by atoms with Crippen molar-refractivity contribution in [2.24, 2.45) is 11.7 Å². The lowest BCUT2D eigenvalue weighted by Gasteiger charge is -2.15. The molecule has 1 aliphatic carbocycles. The van der Waals surface area contributed by atoms with Gasteiger partial charge in [-0.2, -0.15) is 0 Å². The van der Waals surface area contributed by atoms with E-state index in [0.717, 1.165) is 36.5 Å². The summed E-state index contributed by atoms with van der Waals surface area (Å²) in [5.41, 5.74) is 7.01. The van der Waals surface area contributed by atoms with Gasteiger partial charge in [-0.3, -0.25) is 9.36 Å². The van der Waals surface area contributed by atoms with Gasteiger partial charge in [0.1, 0.15) is 11.6 Å². The van der Waals surface area contributed by atoms with E-state index in [0.29, 0.717) is 18.9 Å². The monoisotopic (exact) mass is 313 g/mol. The van der Waals surface area contributed by atoms with Gasteiger partial charge in [-0.05, 0) is 31.7 Å². The number of hydrogen-bond acceptors (Lipinski definition) is 4. The highest BCUT2D eigenvalue weighted by molar-refractivity contribution is 5.76. The number of nitrogens with one attached hydrogen (secondary N) is 1. The normalized spacial score (nSPS) is 20.6. The molecule has 1 amide bonds. The van der Waals surface area contributed by atoms with E-state index in [1.807, 2.05) is 29.8 Å². The number of carbonyl (C=O) groups excluding carboxylic acids is 1. The van der Waals surface area contributed by atoms with Crippen molar-refractivity contribution in [1.29, 1.82) is 0 Å². The van der Waals surface area contributed by atoms with Gasteiger partial charge in [0.25, 0.3) is 0 Å². The highest BCUT2D eigenvalue weighted by Gasteiger charge is 2.25. The van der Waals surface area contributed by atoms with Crippen LogP contribution in [0.5, 0.6) is 0 Å². The summed E-state index contributed by atoms with van der Waals surface area (Å²) in [6.07, 6.45) is 9.10. The lowest BCUT2D eigenvalue weighted by molar-refractivity contribution is -0.122. The van der Waals surface area contributed by atoms with Crippen molar-refractivity contribution >= 4 is 5.91 Å². The first-order chi connectivity index (χ1) is 11.1. The number of amides is 1. The zero-order valence-corrected chi connectivity index (χ0v) is 13.4. The summed E-state index contributed by atoms with van der Waals surface area (Å²) >= 11 is 0. The third kappa shape index (κ3) is 3.59. The second-order valence-corrected chi connectivity index (χ2v) is 6.17. The fourth-order valence-electron chi connectivity index (χ4n) is 3.21. The second kappa shape index (κ2) is 6.91. The van der Waals surface area contributed by atoms with E-state index in [1.165, 1.54) is 0 Å². The molecule has 0 radical (unpaired) electrons. The van der Waals surface area contributed by atoms with E-state index < -0.39 is 0 Å². The van der Waals surface area contributed by atoms with Crippen molar-refractivity contribution in [2.75, 3.05) is 0 Å². The molecule has 0 bridgehead atoms. The highest BCUT2D eigenvalue weighted by Crippen LogP contribution is 2.26. The first-order valence-electron chi connectivity index (χ1n) is 8.11. The van der Waals surface area contributed by atoms with Gasteiger partial charge < -0.3 is 11.1 Å². The number of aromatic nitrogens is 3. The molecule has 3 rings (SSSR count). The molecule has 2 atom stereocenters. The maximum absolute atomic E-state index is 12.2. The number of imidazole rings is 1. The number of pyridine rings is 1. The molecule has 2 heterocycles. The zero-order chi connectivity index (χ0) is 16.2. The minimum atomic E-state index is 0.0597. The lowest BCUT2D eigenvalue weighted by atomic mass is 10.00. The van der Waals surface area contributed by atoms with Crippen molar-refractivity contribution in [3.05, 3.63) is 42.1 Å². The first kappa shape index (κ1) is 15.7. The smallest absolute Gasteiger partial charge is 0.220 e. The Morgan fingerprint density at radius 2 is 2.26 bits per heavy atom. The molecule has 0 saturated heterocycles. The maximum Gasteiger partial charge on any atom is 0.220 e. The van der Waals surface area contributed by atoms with Crippen LogP contribution in [0.3, 0.4) is 0 Å². The van der Waals surface area contributed by atoms with Crippen molar-refractivity contribution in [2.45, 2.75) is 45.2 Å². The number of aryl methyl sites for hydroxylation is 1. The standard InChI is InChI=1S/C17H23N5O/c1-12-19-8-9-22(12)17-14(5-3-7-20-17)11-21-16(23)10-13-4-2-6-15(13)18/h3,5,7-9,13,15H,2,4,6,10-11,18H2,1H3,(H,21,23)/t13-,15+/m0/s1.